The van der Waals surface area contributed by atoms with Crippen LogP contribution in [0.25, 0.3) is 0 Å². The van der Waals surface area contributed by atoms with Gasteiger partial charge >= 0.3 is 0 Å². The van der Waals surface area contributed by atoms with Gasteiger partial charge in [-0.25, -0.2) is 4.98 Å². The van der Waals surface area contributed by atoms with Gasteiger partial charge in [-0.15, -0.1) is 0 Å². The molecule has 0 saturated heterocycles. The molecule has 6 heteroatoms. The van der Waals surface area contributed by atoms with Crippen LogP contribution in [-0.2, 0) is 0 Å². The number of nitrogens with zero attached hydrogens (tertiary/aromatic N) is 1. The lowest BCUT2D eigenvalue weighted by atomic mass is 10.3. The molecule has 0 bridgehead atoms. The first-order chi connectivity index (χ1) is 9.58. The van der Waals surface area contributed by atoms with Crippen LogP contribution >= 0.6 is 34.8 Å². The van der Waals surface area contributed by atoms with E-state index in [0.29, 0.717) is 21.1 Å². The van der Waals surface area contributed by atoms with E-state index in [1.54, 1.807) is 31.4 Å². The van der Waals surface area contributed by atoms with E-state index in [4.69, 9.17) is 39.5 Å². The third-order valence-electron chi connectivity index (χ3n) is 2.20. The van der Waals surface area contributed by atoms with Gasteiger partial charge in [0.25, 0.3) is 0 Å². The molecule has 1 aromatic carbocycles. The van der Waals surface area contributed by atoms with Gasteiger partial charge in [-0.05, 0) is 30.3 Å². The zero-order chi connectivity index (χ0) is 15.1. The van der Waals surface area contributed by atoms with Crippen LogP contribution in [0.4, 0.5) is 11.4 Å². The van der Waals surface area contributed by atoms with Gasteiger partial charge in [0.15, 0.2) is 0 Å². The predicted octanol–water partition coefficient (Wildman–Crippen LogP) is 5.82. The quantitative estimate of drug-likeness (QED) is 0.719. The van der Waals surface area contributed by atoms with E-state index >= 15 is 0 Å². The molecule has 0 saturated carbocycles. The van der Waals surface area contributed by atoms with E-state index in [0.717, 1.165) is 11.4 Å². The number of hydrogen-bond acceptors (Lipinski definition) is 3. The van der Waals surface area contributed by atoms with Gasteiger partial charge < -0.3 is 10.1 Å². The molecular weight excluding hydrogens is 319 g/mol. The van der Waals surface area contributed by atoms with Gasteiger partial charge in [-0.1, -0.05) is 48.7 Å². The molecule has 3 nitrogen and oxygen atoms in total. The van der Waals surface area contributed by atoms with Crippen LogP contribution in [0, 0.1) is 0 Å². The van der Waals surface area contributed by atoms with Crippen molar-refractivity contribution in [3.8, 4) is 5.75 Å². The Kier molecular flexibility index (Phi) is 6.93. The highest BCUT2D eigenvalue weighted by Crippen LogP contribution is 2.29. The van der Waals surface area contributed by atoms with Crippen LogP contribution in [0.1, 0.15) is 13.8 Å². The van der Waals surface area contributed by atoms with Crippen LogP contribution < -0.4 is 10.1 Å². The molecule has 20 heavy (non-hydrogen) atoms. The normalized spacial score (nSPS) is 9.50. The van der Waals surface area contributed by atoms with Crippen molar-refractivity contribution in [1.29, 1.82) is 0 Å². The Bertz CT molecular complexity index is 556. The average Bonchev–Trinajstić information content (AvgIpc) is 2.40. The summed E-state index contributed by atoms with van der Waals surface area (Å²) in [6.07, 6.45) is 0. The fourth-order valence-electron chi connectivity index (χ4n) is 1.45. The third kappa shape index (κ3) is 4.75. The van der Waals surface area contributed by atoms with Crippen LogP contribution in [0.5, 0.6) is 5.75 Å². The smallest absolute Gasteiger partial charge is 0.137 e. The lowest BCUT2D eigenvalue weighted by Gasteiger charge is -2.09. The first-order valence-electron chi connectivity index (χ1n) is 6.02. The Balaban J connectivity index is 0.000000956. The number of nitrogens with one attached hydrogen (secondary N) is 1. The van der Waals surface area contributed by atoms with E-state index in [2.05, 4.69) is 10.3 Å². The molecule has 0 unspecified atom stereocenters. The van der Waals surface area contributed by atoms with Gasteiger partial charge in [0, 0.05) is 11.4 Å². The molecule has 2 aromatic rings. The molecule has 0 radical (unpaired) electrons. The number of pyridine rings is 1. The summed E-state index contributed by atoms with van der Waals surface area (Å²) in [6, 6.07) is 8.71. The molecular formula is C14H15Cl3N2O. The van der Waals surface area contributed by atoms with Crippen LogP contribution in [0.3, 0.4) is 0 Å². The van der Waals surface area contributed by atoms with Gasteiger partial charge in [-0.2, -0.15) is 0 Å². The SMILES string of the molecule is CC.COc1ccc(Nc2cc(Cl)nc(Cl)c2)cc1Cl. The summed E-state index contributed by atoms with van der Waals surface area (Å²) >= 11 is 17.7. The molecule has 0 aliphatic heterocycles. The maximum atomic E-state index is 6.03. The first-order valence-corrected chi connectivity index (χ1v) is 7.15. The van der Waals surface area contributed by atoms with E-state index in [1.807, 2.05) is 19.9 Å². The van der Waals surface area contributed by atoms with Gasteiger partial charge in [0.05, 0.1) is 12.1 Å². The molecule has 0 atom stereocenters. The largest absolute Gasteiger partial charge is 0.495 e. The molecule has 0 aliphatic carbocycles. The fraction of sp³-hybridized carbons (Fsp3) is 0.214. The van der Waals surface area contributed by atoms with E-state index < -0.39 is 0 Å². The Morgan fingerprint density at radius 1 is 0.950 bits per heavy atom. The van der Waals surface area contributed by atoms with E-state index in [1.165, 1.54) is 0 Å². The molecule has 1 aromatic heterocycles. The number of aromatic nitrogens is 1. The number of hydrogen-bond donors (Lipinski definition) is 1. The number of rotatable bonds is 3. The standard InChI is InChI=1S/C12H9Cl3N2O.C2H6/c1-18-10-3-2-7(4-9(10)13)16-8-5-11(14)17-12(15)6-8;1-2/h2-6H,1H3,(H,16,17);1-2H3. The van der Waals surface area contributed by atoms with E-state index in [-0.39, 0.29) is 0 Å². The monoisotopic (exact) mass is 332 g/mol. The van der Waals surface area contributed by atoms with E-state index in [9.17, 15) is 0 Å². The minimum atomic E-state index is 0.324. The fourth-order valence-corrected chi connectivity index (χ4v) is 2.17. The van der Waals surface area contributed by atoms with Crippen LogP contribution in [0.2, 0.25) is 15.3 Å². The summed E-state index contributed by atoms with van der Waals surface area (Å²) < 4.78 is 5.08. The topological polar surface area (TPSA) is 34.1 Å². The van der Waals surface area contributed by atoms with Crippen molar-refractivity contribution in [3.63, 3.8) is 0 Å². The average molecular weight is 334 g/mol. The molecule has 108 valence electrons. The Morgan fingerprint density at radius 3 is 2.05 bits per heavy atom. The maximum absolute atomic E-state index is 6.03. The predicted molar refractivity (Wildman–Crippen MR) is 86.9 cm³/mol. The summed E-state index contributed by atoms with van der Waals surface area (Å²) in [5, 5.41) is 4.30. The van der Waals surface area contributed by atoms with Gasteiger partial charge in [0.2, 0.25) is 0 Å². The minimum Gasteiger partial charge on any atom is -0.495 e. The van der Waals surface area contributed by atoms with Crippen molar-refractivity contribution >= 4 is 46.2 Å². The second kappa shape index (κ2) is 8.20. The lowest BCUT2D eigenvalue weighted by molar-refractivity contribution is 0.415. The summed E-state index contributed by atoms with van der Waals surface area (Å²) in [6.45, 7) is 4.00. The molecule has 0 aliphatic rings. The molecule has 1 heterocycles. The second-order valence-electron chi connectivity index (χ2n) is 3.48. The van der Waals surface area contributed by atoms with Crippen LogP contribution in [-0.4, -0.2) is 12.1 Å². The molecule has 2 rings (SSSR count). The molecule has 0 spiro atoms. The Hall–Kier alpha value is -1.16. The number of methoxy groups -OCH3 is 1. The van der Waals surface area contributed by atoms with Crippen LogP contribution in [0.15, 0.2) is 30.3 Å². The van der Waals surface area contributed by atoms with Crippen molar-refractivity contribution in [2.24, 2.45) is 0 Å². The highest BCUT2D eigenvalue weighted by Gasteiger charge is 2.04. The van der Waals surface area contributed by atoms with Gasteiger partial charge in [0.1, 0.15) is 16.1 Å². The van der Waals surface area contributed by atoms with Crippen molar-refractivity contribution in [3.05, 3.63) is 45.7 Å². The summed E-state index contributed by atoms with van der Waals surface area (Å²) in [4.78, 5) is 3.87. The summed E-state index contributed by atoms with van der Waals surface area (Å²) in [5.41, 5.74) is 1.54. The zero-order valence-corrected chi connectivity index (χ0v) is 13.6. The first kappa shape index (κ1) is 16.9. The van der Waals surface area contributed by atoms with Gasteiger partial charge in [-0.3, -0.25) is 0 Å². The highest BCUT2D eigenvalue weighted by atomic mass is 35.5. The Labute approximate surface area is 133 Å². The number of benzene rings is 1. The Morgan fingerprint density at radius 2 is 1.55 bits per heavy atom. The van der Waals surface area contributed by atoms with Crippen molar-refractivity contribution in [2.45, 2.75) is 13.8 Å². The maximum Gasteiger partial charge on any atom is 0.137 e. The number of ether oxygens (including phenoxy) is 1. The number of anilines is 2. The molecule has 1 N–H and O–H groups in total. The minimum absolute atomic E-state index is 0.324. The van der Waals surface area contributed by atoms with Crippen molar-refractivity contribution in [2.75, 3.05) is 12.4 Å². The lowest BCUT2D eigenvalue weighted by Crippen LogP contribution is -1.92. The highest BCUT2D eigenvalue weighted by molar-refractivity contribution is 6.33. The van der Waals surface area contributed by atoms with Crippen molar-refractivity contribution in [1.82, 2.24) is 4.98 Å². The number of halogens is 3. The molecule has 0 fully saturated rings. The van der Waals surface area contributed by atoms with Crippen molar-refractivity contribution < 1.29 is 4.74 Å². The molecule has 0 amide bonds. The second-order valence-corrected chi connectivity index (χ2v) is 4.66. The summed E-state index contributed by atoms with van der Waals surface area (Å²) in [7, 11) is 1.57. The zero-order valence-electron chi connectivity index (χ0n) is 11.4. The summed E-state index contributed by atoms with van der Waals surface area (Å²) in [5.74, 6) is 0.619. The third-order valence-corrected chi connectivity index (χ3v) is 2.89.